The van der Waals surface area contributed by atoms with Gasteiger partial charge in [-0.25, -0.2) is 0 Å². The average Bonchev–Trinajstić information content (AvgIpc) is 2.60. The van der Waals surface area contributed by atoms with Crippen LogP contribution in [-0.2, 0) is 5.60 Å². The summed E-state index contributed by atoms with van der Waals surface area (Å²) in [5, 5.41) is 33.4. The molecule has 0 heterocycles. The molecule has 0 aliphatic heterocycles. The Hall–Kier alpha value is -1.59. The van der Waals surface area contributed by atoms with E-state index >= 15 is 0 Å². The smallest absolute Gasteiger partial charge is 0.116 e. The van der Waals surface area contributed by atoms with Crippen LogP contribution in [0.15, 0.2) is 48.5 Å². The number of aliphatic hydroxyl groups excluding tert-OH is 2. The van der Waals surface area contributed by atoms with Gasteiger partial charge in [-0.15, -0.1) is 0 Å². The molecular formula is C18H22ClNO3. The van der Waals surface area contributed by atoms with Crippen LogP contribution in [0.2, 0.25) is 5.02 Å². The summed E-state index contributed by atoms with van der Waals surface area (Å²) >= 11 is 6.13. The van der Waals surface area contributed by atoms with Gasteiger partial charge in [-0.3, -0.25) is 0 Å². The largest absolute Gasteiger partial charge is 0.394 e. The van der Waals surface area contributed by atoms with Gasteiger partial charge in [0.25, 0.3) is 0 Å². The quantitative estimate of drug-likeness (QED) is 0.628. The van der Waals surface area contributed by atoms with E-state index < -0.39 is 11.7 Å². The number of hydrogen-bond acceptors (Lipinski definition) is 4. The van der Waals surface area contributed by atoms with Crippen LogP contribution in [0.4, 0.5) is 5.69 Å². The Kier molecular flexibility index (Phi) is 6.02. The van der Waals surface area contributed by atoms with Crippen LogP contribution in [0.25, 0.3) is 0 Å². The highest BCUT2D eigenvalue weighted by atomic mass is 35.5. The van der Waals surface area contributed by atoms with Gasteiger partial charge in [0.05, 0.1) is 12.7 Å². The standard InChI is InChI=1S/C18H22ClNO3/c1-2-18(23,13-6-4-3-5-7-13)16-10-14(19)8-9-17(16)20-11-15(22)12-21/h3-10,15,20-23H,2,11-12H2,1H3. The van der Waals surface area contributed by atoms with Crippen molar-refractivity contribution in [2.24, 2.45) is 0 Å². The molecule has 2 rings (SSSR count). The molecule has 2 aromatic rings. The molecule has 0 aliphatic rings. The third-order valence-corrected chi connectivity index (χ3v) is 4.16. The molecule has 0 amide bonds. The number of rotatable bonds is 7. The van der Waals surface area contributed by atoms with Crippen LogP contribution < -0.4 is 5.32 Å². The molecule has 0 aromatic heterocycles. The van der Waals surface area contributed by atoms with Crippen LogP contribution in [0.3, 0.4) is 0 Å². The lowest BCUT2D eigenvalue weighted by Crippen LogP contribution is -2.29. The van der Waals surface area contributed by atoms with Crippen molar-refractivity contribution in [1.29, 1.82) is 0 Å². The summed E-state index contributed by atoms with van der Waals surface area (Å²) in [6, 6.07) is 14.6. The van der Waals surface area contributed by atoms with Gasteiger partial charge in [-0.1, -0.05) is 48.9 Å². The molecule has 124 valence electrons. The van der Waals surface area contributed by atoms with Crippen molar-refractivity contribution in [2.45, 2.75) is 25.0 Å². The van der Waals surface area contributed by atoms with Gasteiger partial charge in [0.1, 0.15) is 5.60 Å². The van der Waals surface area contributed by atoms with E-state index in [-0.39, 0.29) is 13.2 Å². The summed E-state index contributed by atoms with van der Waals surface area (Å²) in [5.74, 6) is 0. The Labute approximate surface area is 141 Å². The number of aliphatic hydroxyl groups is 3. The summed E-state index contributed by atoms with van der Waals surface area (Å²) in [6.07, 6.45) is -0.404. The molecule has 0 saturated carbocycles. The van der Waals surface area contributed by atoms with Gasteiger partial charge >= 0.3 is 0 Å². The first-order valence-electron chi connectivity index (χ1n) is 7.62. The zero-order valence-corrected chi connectivity index (χ0v) is 13.8. The van der Waals surface area contributed by atoms with Gasteiger partial charge in [0.15, 0.2) is 0 Å². The molecule has 4 N–H and O–H groups in total. The van der Waals surface area contributed by atoms with E-state index in [1.165, 1.54) is 0 Å². The zero-order valence-electron chi connectivity index (χ0n) is 13.0. The Balaban J connectivity index is 2.44. The molecule has 0 spiro atoms. The van der Waals surface area contributed by atoms with Gasteiger partial charge in [-0.05, 0) is 30.2 Å². The normalized spacial score (nSPS) is 15.0. The molecule has 0 aliphatic carbocycles. The van der Waals surface area contributed by atoms with Crippen LogP contribution in [0.5, 0.6) is 0 Å². The minimum Gasteiger partial charge on any atom is -0.394 e. The van der Waals surface area contributed by atoms with Gasteiger partial charge in [0, 0.05) is 22.8 Å². The molecule has 2 aromatic carbocycles. The highest BCUT2D eigenvalue weighted by molar-refractivity contribution is 6.30. The maximum absolute atomic E-state index is 11.3. The molecule has 2 atom stereocenters. The molecule has 0 bridgehead atoms. The third-order valence-electron chi connectivity index (χ3n) is 3.93. The fraction of sp³-hybridized carbons (Fsp3) is 0.333. The maximum Gasteiger partial charge on any atom is 0.116 e. The van der Waals surface area contributed by atoms with E-state index in [0.717, 1.165) is 5.56 Å². The van der Waals surface area contributed by atoms with E-state index in [1.807, 2.05) is 37.3 Å². The number of anilines is 1. The molecule has 0 radical (unpaired) electrons. The molecule has 0 saturated heterocycles. The highest BCUT2D eigenvalue weighted by Crippen LogP contribution is 2.38. The Bertz CT molecular complexity index is 635. The minimum absolute atomic E-state index is 0.180. The fourth-order valence-electron chi connectivity index (χ4n) is 2.57. The van der Waals surface area contributed by atoms with Crippen LogP contribution in [0.1, 0.15) is 24.5 Å². The molecule has 4 nitrogen and oxygen atoms in total. The van der Waals surface area contributed by atoms with Crippen molar-refractivity contribution in [1.82, 2.24) is 0 Å². The topological polar surface area (TPSA) is 72.7 Å². The molecule has 23 heavy (non-hydrogen) atoms. The van der Waals surface area contributed by atoms with Crippen molar-refractivity contribution in [3.05, 3.63) is 64.7 Å². The van der Waals surface area contributed by atoms with E-state index in [4.69, 9.17) is 16.7 Å². The number of benzene rings is 2. The maximum atomic E-state index is 11.3. The minimum atomic E-state index is -1.20. The second kappa shape index (κ2) is 7.79. The lowest BCUT2D eigenvalue weighted by Gasteiger charge is -2.31. The van der Waals surface area contributed by atoms with Crippen molar-refractivity contribution in [3.8, 4) is 0 Å². The molecular weight excluding hydrogens is 314 g/mol. The average molecular weight is 336 g/mol. The second-order valence-corrected chi connectivity index (χ2v) is 5.92. The zero-order chi connectivity index (χ0) is 16.9. The Morgan fingerprint density at radius 1 is 1.17 bits per heavy atom. The molecule has 2 unspecified atom stereocenters. The lowest BCUT2D eigenvalue weighted by molar-refractivity contribution is 0.0769. The van der Waals surface area contributed by atoms with E-state index in [1.54, 1.807) is 18.2 Å². The van der Waals surface area contributed by atoms with E-state index in [0.29, 0.717) is 22.7 Å². The summed E-state index contributed by atoms with van der Waals surface area (Å²) in [7, 11) is 0. The Morgan fingerprint density at radius 3 is 2.48 bits per heavy atom. The Morgan fingerprint density at radius 2 is 1.87 bits per heavy atom. The third kappa shape index (κ3) is 4.03. The highest BCUT2D eigenvalue weighted by Gasteiger charge is 2.32. The van der Waals surface area contributed by atoms with Crippen molar-refractivity contribution >= 4 is 17.3 Å². The first kappa shape index (κ1) is 17.8. The number of nitrogens with one attached hydrogen (secondary N) is 1. The first-order valence-corrected chi connectivity index (χ1v) is 7.99. The predicted molar refractivity (Wildman–Crippen MR) is 92.8 cm³/mol. The fourth-order valence-corrected chi connectivity index (χ4v) is 2.74. The van der Waals surface area contributed by atoms with E-state index in [2.05, 4.69) is 5.32 Å². The van der Waals surface area contributed by atoms with Crippen molar-refractivity contribution < 1.29 is 15.3 Å². The summed E-state index contributed by atoms with van der Waals surface area (Å²) < 4.78 is 0. The van der Waals surface area contributed by atoms with Crippen LogP contribution >= 0.6 is 11.6 Å². The van der Waals surface area contributed by atoms with Crippen LogP contribution in [0, 0.1) is 0 Å². The van der Waals surface area contributed by atoms with Crippen molar-refractivity contribution in [3.63, 3.8) is 0 Å². The van der Waals surface area contributed by atoms with Gasteiger partial charge in [-0.2, -0.15) is 0 Å². The number of halogens is 1. The second-order valence-electron chi connectivity index (χ2n) is 5.49. The monoisotopic (exact) mass is 335 g/mol. The SMILES string of the molecule is CCC(O)(c1ccccc1)c1cc(Cl)ccc1NCC(O)CO. The van der Waals surface area contributed by atoms with Gasteiger partial charge in [0.2, 0.25) is 0 Å². The summed E-state index contributed by atoms with van der Waals surface area (Å²) in [5.41, 5.74) is 0.896. The molecule has 5 heteroatoms. The van der Waals surface area contributed by atoms with Crippen LogP contribution in [-0.4, -0.2) is 34.6 Å². The predicted octanol–water partition coefficient (Wildman–Crippen LogP) is 2.75. The number of hydrogen-bond donors (Lipinski definition) is 4. The van der Waals surface area contributed by atoms with E-state index in [9.17, 15) is 10.2 Å². The first-order chi connectivity index (χ1) is 11.0. The van der Waals surface area contributed by atoms with Gasteiger partial charge < -0.3 is 20.6 Å². The molecule has 0 fully saturated rings. The summed E-state index contributed by atoms with van der Waals surface area (Å²) in [6.45, 7) is 1.76. The van der Waals surface area contributed by atoms with Crippen molar-refractivity contribution in [2.75, 3.05) is 18.5 Å². The lowest BCUT2D eigenvalue weighted by atomic mass is 9.83. The summed E-state index contributed by atoms with van der Waals surface area (Å²) in [4.78, 5) is 0.